The second-order valence-corrected chi connectivity index (χ2v) is 4.88. The number of hydrogen-bond donors (Lipinski definition) is 2. The van der Waals surface area contributed by atoms with Crippen LogP contribution in [0.25, 0.3) is 11.5 Å². The van der Waals surface area contributed by atoms with Crippen LogP contribution in [-0.2, 0) is 0 Å². The molecule has 0 bridgehead atoms. The van der Waals surface area contributed by atoms with Crippen molar-refractivity contribution in [2.45, 2.75) is 6.42 Å². The number of rotatable bonds is 6. The van der Waals surface area contributed by atoms with Gasteiger partial charge in [0.1, 0.15) is 11.5 Å². The van der Waals surface area contributed by atoms with Crippen molar-refractivity contribution in [3.8, 4) is 11.5 Å². The zero-order valence-electron chi connectivity index (χ0n) is 12.0. The molecule has 0 aromatic carbocycles. The van der Waals surface area contributed by atoms with E-state index in [-0.39, 0.29) is 11.6 Å². The molecule has 0 aliphatic heterocycles. The maximum absolute atomic E-state index is 12.0. The lowest BCUT2D eigenvalue weighted by atomic mass is 10.2. The van der Waals surface area contributed by atoms with Crippen LogP contribution >= 0.6 is 0 Å². The van der Waals surface area contributed by atoms with Crippen molar-refractivity contribution in [3.63, 3.8) is 0 Å². The van der Waals surface area contributed by atoms with E-state index in [1.165, 1.54) is 12.3 Å². The van der Waals surface area contributed by atoms with E-state index in [0.717, 1.165) is 13.0 Å². The summed E-state index contributed by atoms with van der Waals surface area (Å²) < 4.78 is 5.20. The molecule has 0 saturated carbocycles. The number of amides is 1. The van der Waals surface area contributed by atoms with Gasteiger partial charge in [-0.1, -0.05) is 0 Å². The number of aromatic amines is 1. The molecule has 0 aliphatic carbocycles. The summed E-state index contributed by atoms with van der Waals surface area (Å²) in [6.45, 7) is 1.41. The van der Waals surface area contributed by atoms with E-state index in [2.05, 4.69) is 15.3 Å². The van der Waals surface area contributed by atoms with Gasteiger partial charge in [-0.3, -0.25) is 4.79 Å². The molecule has 7 heteroatoms. The highest BCUT2D eigenvalue weighted by Crippen LogP contribution is 2.15. The molecule has 1 amide bonds. The fraction of sp³-hybridized carbons (Fsp3) is 0.357. The molecule has 0 saturated heterocycles. The third-order valence-corrected chi connectivity index (χ3v) is 2.83. The van der Waals surface area contributed by atoms with Gasteiger partial charge in [-0.25, -0.2) is 4.79 Å². The highest BCUT2D eigenvalue weighted by atomic mass is 16.3. The van der Waals surface area contributed by atoms with E-state index < -0.39 is 5.69 Å². The molecule has 2 aromatic heterocycles. The Kier molecular flexibility index (Phi) is 4.89. The van der Waals surface area contributed by atoms with Crippen LogP contribution < -0.4 is 11.0 Å². The van der Waals surface area contributed by atoms with Gasteiger partial charge in [-0.05, 0) is 45.3 Å². The predicted molar refractivity (Wildman–Crippen MR) is 78.1 cm³/mol. The summed E-state index contributed by atoms with van der Waals surface area (Å²) >= 11 is 0. The van der Waals surface area contributed by atoms with Gasteiger partial charge in [0.2, 0.25) is 0 Å². The van der Waals surface area contributed by atoms with Gasteiger partial charge >= 0.3 is 5.69 Å². The van der Waals surface area contributed by atoms with E-state index in [1.807, 2.05) is 19.0 Å². The van der Waals surface area contributed by atoms with Crippen molar-refractivity contribution in [2.75, 3.05) is 27.2 Å². The molecule has 112 valence electrons. The largest absolute Gasteiger partial charge is 0.463 e. The lowest BCUT2D eigenvalue weighted by Crippen LogP contribution is -2.29. The van der Waals surface area contributed by atoms with Crippen LogP contribution in [-0.4, -0.2) is 48.0 Å². The molecular weight excluding hydrogens is 272 g/mol. The smallest absolute Gasteiger partial charge is 0.346 e. The first-order chi connectivity index (χ1) is 10.1. The van der Waals surface area contributed by atoms with Gasteiger partial charge in [-0.2, -0.15) is 4.98 Å². The van der Waals surface area contributed by atoms with Gasteiger partial charge in [-0.15, -0.1) is 0 Å². The minimum absolute atomic E-state index is 0.0787. The molecule has 21 heavy (non-hydrogen) atoms. The second kappa shape index (κ2) is 6.85. The van der Waals surface area contributed by atoms with Gasteiger partial charge in [0.25, 0.3) is 5.91 Å². The lowest BCUT2D eigenvalue weighted by Gasteiger charge is -2.09. The fourth-order valence-corrected chi connectivity index (χ4v) is 1.83. The number of furan rings is 1. The first-order valence-corrected chi connectivity index (χ1v) is 6.64. The maximum Gasteiger partial charge on any atom is 0.346 e. The molecule has 0 radical (unpaired) electrons. The number of nitrogens with one attached hydrogen (secondary N) is 2. The van der Waals surface area contributed by atoms with Gasteiger partial charge in [0.05, 0.1) is 12.0 Å². The summed E-state index contributed by atoms with van der Waals surface area (Å²) in [5.41, 5.74) is -0.0733. The van der Waals surface area contributed by atoms with Crippen molar-refractivity contribution in [1.29, 1.82) is 0 Å². The summed E-state index contributed by atoms with van der Waals surface area (Å²) in [6.07, 6.45) is 2.32. The number of carbonyl (C=O) groups is 1. The van der Waals surface area contributed by atoms with Crippen LogP contribution in [0.5, 0.6) is 0 Å². The molecular formula is C14H18N4O3. The van der Waals surface area contributed by atoms with Crippen molar-refractivity contribution in [3.05, 3.63) is 40.6 Å². The van der Waals surface area contributed by atoms with Crippen LogP contribution in [0.15, 0.2) is 33.7 Å². The number of aromatic nitrogens is 2. The molecule has 2 heterocycles. The monoisotopic (exact) mass is 290 g/mol. The van der Waals surface area contributed by atoms with E-state index in [1.54, 1.807) is 12.1 Å². The molecule has 2 N–H and O–H groups in total. The zero-order chi connectivity index (χ0) is 15.2. The number of nitrogens with zero attached hydrogens (tertiary/aromatic N) is 2. The third kappa shape index (κ3) is 4.28. The topological polar surface area (TPSA) is 91.2 Å². The van der Waals surface area contributed by atoms with Crippen LogP contribution in [0.4, 0.5) is 0 Å². The first kappa shape index (κ1) is 15.0. The number of H-pyrrole nitrogens is 1. The molecule has 2 aromatic rings. The van der Waals surface area contributed by atoms with Gasteiger partial charge < -0.3 is 19.6 Å². The first-order valence-electron chi connectivity index (χ1n) is 6.64. The van der Waals surface area contributed by atoms with Gasteiger partial charge in [0.15, 0.2) is 0 Å². The molecule has 7 nitrogen and oxygen atoms in total. The number of carbonyl (C=O) groups excluding carboxylic acids is 1. The minimum atomic E-state index is -0.581. The summed E-state index contributed by atoms with van der Waals surface area (Å²) in [4.78, 5) is 31.8. The van der Waals surface area contributed by atoms with Crippen LogP contribution in [0.3, 0.4) is 0 Å². The Labute approximate surface area is 122 Å². The Morgan fingerprint density at radius 3 is 2.95 bits per heavy atom. The van der Waals surface area contributed by atoms with E-state index >= 15 is 0 Å². The highest BCUT2D eigenvalue weighted by Gasteiger charge is 2.11. The second-order valence-electron chi connectivity index (χ2n) is 4.88. The van der Waals surface area contributed by atoms with Crippen molar-refractivity contribution in [2.24, 2.45) is 0 Å². The Balaban J connectivity index is 2.06. The molecule has 0 aliphatic rings. The standard InChI is InChI=1S/C14H18N4O3/c1-18(2)7-4-6-15-13(19)11-9-10(16-14(20)17-11)12-5-3-8-21-12/h3,5,8-9H,4,6-7H2,1-2H3,(H,15,19)(H,16,17,20). The van der Waals surface area contributed by atoms with E-state index in [0.29, 0.717) is 18.0 Å². The third-order valence-electron chi connectivity index (χ3n) is 2.83. The van der Waals surface area contributed by atoms with Crippen molar-refractivity contribution >= 4 is 5.91 Å². The average Bonchev–Trinajstić information content (AvgIpc) is 2.96. The molecule has 0 spiro atoms. The highest BCUT2D eigenvalue weighted by molar-refractivity contribution is 5.92. The molecule has 0 fully saturated rings. The molecule has 0 unspecified atom stereocenters. The summed E-state index contributed by atoms with van der Waals surface area (Å²) in [6, 6.07) is 4.90. The molecule has 0 atom stereocenters. The number of hydrogen-bond acceptors (Lipinski definition) is 5. The van der Waals surface area contributed by atoms with Crippen LogP contribution in [0.2, 0.25) is 0 Å². The van der Waals surface area contributed by atoms with Gasteiger partial charge in [0, 0.05) is 6.54 Å². The average molecular weight is 290 g/mol. The maximum atomic E-state index is 12.0. The summed E-state index contributed by atoms with van der Waals surface area (Å²) in [7, 11) is 3.94. The van der Waals surface area contributed by atoms with Crippen LogP contribution in [0, 0.1) is 0 Å². The normalized spacial score (nSPS) is 10.8. The SMILES string of the molecule is CN(C)CCCNC(=O)c1cc(-c2ccco2)[nH]c(=O)n1. The Hall–Kier alpha value is -2.41. The quantitative estimate of drug-likeness (QED) is 0.765. The minimum Gasteiger partial charge on any atom is -0.463 e. The summed E-state index contributed by atoms with van der Waals surface area (Å²) in [5, 5.41) is 2.74. The predicted octanol–water partition coefficient (Wildman–Crippen LogP) is 0.711. The Morgan fingerprint density at radius 2 is 2.29 bits per heavy atom. The van der Waals surface area contributed by atoms with E-state index in [4.69, 9.17) is 4.42 Å². The fourth-order valence-electron chi connectivity index (χ4n) is 1.83. The van der Waals surface area contributed by atoms with E-state index in [9.17, 15) is 9.59 Å². The van der Waals surface area contributed by atoms with Crippen LogP contribution in [0.1, 0.15) is 16.9 Å². The lowest BCUT2D eigenvalue weighted by molar-refractivity contribution is 0.0947. The van der Waals surface area contributed by atoms with Crippen molar-refractivity contribution in [1.82, 2.24) is 20.2 Å². The Morgan fingerprint density at radius 1 is 1.48 bits per heavy atom. The van der Waals surface area contributed by atoms with Crippen molar-refractivity contribution < 1.29 is 9.21 Å². The summed E-state index contributed by atoms with van der Waals surface area (Å²) in [5.74, 6) is 0.115. The molecule has 2 rings (SSSR count). The zero-order valence-corrected chi connectivity index (χ0v) is 12.0. The Bertz CT molecular complexity index is 646.